The van der Waals surface area contributed by atoms with Crippen LogP contribution in [0.1, 0.15) is 86.7 Å². The van der Waals surface area contributed by atoms with Gasteiger partial charge in [0.2, 0.25) is 0 Å². The molecule has 2 N–H and O–H groups in total. The summed E-state index contributed by atoms with van der Waals surface area (Å²) in [4.78, 5) is 45.6. The number of carbonyl (C=O) groups excluding carboxylic acids is 2. The fourth-order valence-electron chi connectivity index (χ4n) is 6.27. The molecule has 258 valence electrons. The van der Waals surface area contributed by atoms with Crippen LogP contribution in [0.5, 0.6) is 0 Å². The molecule has 5 rings (SSSR count). The lowest BCUT2D eigenvalue weighted by Crippen LogP contribution is -2.41. The van der Waals surface area contributed by atoms with E-state index in [1.54, 1.807) is 41.6 Å². The van der Waals surface area contributed by atoms with Gasteiger partial charge in [-0.05, 0) is 62.6 Å². The predicted octanol–water partition coefficient (Wildman–Crippen LogP) is 7.57. The van der Waals surface area contributed by atoms with Gasteiger partial charge in [0, 0.05) is 48.3 Å². The Bertz CT molecular complexity index is 1830. The number of rotatable bonds is 10. The molecule has 2 heterocycles. The number of likely N-dealkylation sites (tertiary alicyclic amines) is 1. The van der Waals surface area contributed by atoms with Crippen LogP contribution in [0.3, 0.4) is 0 Å². The number of nitrogens with one attached hydrogen (secondary N) is 1. The van der Waals surface area contributed by atoms with Crippen molar-refractivity contribution in [2.45, 2.75) is 71.6 Å². The van der Waals surface area contributed by atoms with Gasteiger partial charge in [0.1, 0.15) is 23.1 Å². The SMILES string of the molecule is CC(C)(C)OC(=O)N1CCC(c2ccccc2C(=O)N[C@@H](c2nc(-c3cc(F)ccc3F)cn2Cc2ccccc2)C(C)(C)CC(=O)O)C1. The van der Waals surface area contributed by atoms with E-state index in [4.69, 9.17) is 9.72 Å². The largest absolute Gasteiger partial charge is 0.481 e. The molecule has 9 nitrogen and oxygen atoms in total. The Morgan fingerprint density at radius 2 is 1.69 bits per heavy atom. The first-order valence-corrected chi connectivity index (χ1v) is 16.3. The molecule has 1 aliphatic heterocycles. The predicted molar refractivity (Wildman–Crippen MR) is 181 cm³/mol. The Balaban J connectivity index is 1.54. The fourth-order valence-corrected chi connectivity index (χ4v) is 6.27. The van der Waals surface area contributed by atoms with E-state index in [-0.39, 0.29) is 36.0 Å². The average Bonchev–Trinajstić information content (AvgIpc) is 3.68. The van der Waals surface area contributed by atoms with Crippen LogP contribution in [0.4, 0.5) is 13.6 Å². The number of aromatic nitrogens is 2. The fraction of sp³-hybridized carbons (Fsp3) is 0.368. The van der Waals surface area contributed by atoms with Crippen LogP contribution in [0.25, 0.3) is 11.3 Å². The third-order valence-electron chi connectivity index (χ3n) is 8.61. The van der Waals surface area contributed by atoms with Gasteiger partial charge >= 0.3 is 12.1 Å². The van der Waals surface area contributed by atoms with Crippen LogP contribution in [0.15, 0.2) is 79.0 Å². The summed E-state index contributed by atoms with van der Waals surface area (Å²) in [6.07, 6.45) is 1.48. The van der Waals surface area contributed by atoms with Gasteiger partial charge in [-0.3, -0.25) is 9.59 Å². The van der Waals surface area contributed by atoms with Gasteiger partial charge in [-0.1, -0.05) is 62.4 Å². The van der Waals surface area contributed by atoms with Gasteiger partial charge < -0.3 is 24.6 Å². The average molecular weight is 673 g/mol. The van der Waals surface area contributed by atoms with E-state index in [9.17, 15) is 23.9 Å². The number of amides is 2. The van der Waals surface area contributed by atoms with Crippen LogP contribution in [0, 0.1) is 17.0 Å². The molecule has 0 saturated carbocycles. The molecule has 1 saturated heterocycles. The molecule has 0 aliphatic carbocycles. The third kappa shape index (κ3) is 8.51. The van der Waals surface area contributed by atoms with Crippen LogP contribution >= 0.6 is 0 Å². The minimum Gasteiger partial charge on any atom is -0.481 e. The van der Waals surface area contributed by atoms with Crippen molar-refractivity contribution in [1.29, 1.82) is 0 Å². The van der Waals surface area contributed by atoms with Gasteiger partial charge in [0.05, 0.1) is 18.2 Å². The van der Waals surface area contributed by atoms with Crippen LogP contribution in [-0.2, 0) is 16.1 Å². The number of carboxylic acid groups (broad SMARTS) is 1. The Labute approximate surface area is 284 Å². The number of halogens is 2. The summed E-state index contributed by atoms with van der Waals surface area (Å²) in [5, 5.41) is 13.0. The van der Waals surface area contributed by atoms with Crippen LogP contribution < -0.4 is 5.32 Å². The molecular formula is C38H42F2N4O5. The second-order valence-electron chi connectivity index (χ2n) is 14.2. The summed E-state index contributed by atoms with van der Waals surface area (Å²) in [6, 6.07) is 18.7. The number of aliphatic carboxylic acids is 1. The number of hydrogen-bond donors (Lipinski definition) is 2. The molecule has 4 aromatic rings. The van der Waals surface area contributed by atoms with Gasteiger partial charge in [-0.2, -0.15) is 0 Å². The van der Waals surface area contributed by atoms with Crippen molar-refractivity contribution >= 4 is 18.0 Å². The molecule has 1 aromatic heterocycles. The normalized spacial score (nSPS) is 15.6. The highest BCUT2D eigenvalue weighted by molar-refractivity contribution is 5.96. The number of carboxylic acids is 1. The van der Waals surface area contributed by atoms with E-state index in [0.29, 0.717) is 25.1 Å². The van der Waals surface area contributed by atoms with Crippen molar-refractivity contribution in [2.24, 2.45) is 5.41 Å². The highest BCUT2D eigenvalue weighted by Crippen LogP contribution is 2.39. The Morgan fingerprint density at radius 3 is 2.39 bits per heavy atom. The molecule has 0 spiro atoms. The van der Waals surface area contributed by atoms with Crippen molar-refractivity contribution in [3.05, 3.63) is 113 Å². The number of ether oxygens (including phenoxy) is 1. The summed E-state index contributed by atoms with van der Waals surface area (Å²) < 4.78 is 36.6. The van der Waals surface area contributed by atoms with Gasteiger partial charge in [0.25, 0.3) is 5.91 Å². The van der Waals surface area contributed by atoms with E-state index in [2.05, 4.69) is 5.32 Å². The number of nitrogens with zero attached hydrogens (tertiary/aromatic N) is 3. The van der Waals surface area contributed by atoms with E-state index >= 15 is 4.39 Å². The van der Waals surface area contributed by atoms with Gasteiger partial charge in [-0.15, -0.1) is 0 Å². The Hall–Kier alpha value is -5.06. The zero-order valence-electron chi connectivity index (χ0n) is 28.4. The second kappa shape index (κ2) is 14.2. The standard InChI is InChI=1S/C38H42F2N4O5/c1-37(2,3)49-36(48)43-18-17-25(22-43)27-13-9-10-14-28(27)35(47)42-33(38(4,5)20-32(45)46)34-41-31(29-19-26(39)15-16-30(29)40)23-44(34)21-24-11-7-6-8-12-24/h6-16,19,23,25,33H,17-18,20-22H2,1-5H3,(H,42,47)(H,45,46)/t25?,33-/m0/s1. The van der Waals surface area contributed by atoms with Crippen molar-refractivity contribution in [3.8, 4) is 11.3 Å². The minimum atomic E-state index is -1.09. The molecule has 1 aliphatic rings. The summed E-state index contributed by atoms with van der Waals surface area (Å²) in [5.41, 5.74) is 0.363. The third-order valence-corrected chi connectivity index (χ3v) is 8.61. The highest BCUT2D eigenvalue weighted by atomic mass is 19.1. The summed E-state index contributed by atoms with van der Waals surface area (Å²) >= 11 is 0. The Kier molecular flexibility index (Phi) is 10.2. The van der Waals surface area contributed by atoms with Crippen molar-refractivity contribution in [1.82, 2.24) is 19.8 Å². The quantitative estimate of drug-likeness (QED) is 0.180. The van der Waals surface area contributed by atoms with Gasteiger partial charge in [-0.25, -0.2) is 18.6 Å². The number of imidazole rings is 1. The van der Waals surface area contributed by atoms with Gasteiger partial charge in [0.15, 0.2) is 0 Å². The maximum absolute atomic E-state index is 15.0. The lowest BCUT2D eigenvalue weighted by molar-refractivity contribution is -0.139. The molecule has 2 atom stereocenters. The van der Waals surface area contributed by atoms with E-state index in [1.165, 1.54) is 0 Å². The highest BCUT2D eigenvalue weighted by Gasteiger charge is 2.39. The molecule has 0 bridgehead atoms. The number of hydrogen-bond acceptors (Lipinski definition) is 5. The lowest BCUT2D eigenvalue weighted by Gasteiger charge is -2.34. The van der Waals surface area contributed by atoms with Crippen LogP contribution in [0.2, 0.25) is 0 Å². The molecule has 2 amide bonds. The molecular weight excluding hydrogens is 630 g/mol. The van der Waals surface area contributed by atoms with E-state index < -0.39 is 46.7 Å². The molecule has 0 radical (unpaired) electrons. The molecule has 1 fully saturated rings. The lowest BCUT2D eigenvalue weighted by atomic mass is 9.80. The van der Waals surface area contributed by atoms with E-state index in [0.717, 1.165) is 29.3 Å². The van der Waals surface area contributed by atoms with E-state index in [1.807, 2.05) is 63.2 Å². The maximum atomic E-state index is 15.0. The van der Waals surface area contributed by atoms with Crippen molar-refractivity contribution in [3.63, 3.8) is 0 Å². The Morgan fingerprint density at radius 1 is 1.00 bits per heavy atom. The topological polar surface area (TPSA) is 114 Å². The molecule has 3 aromatic carbocycles. The number of benzene rings is 3. The first-order chi connectivity index (χ1) is 23.1. The smallest absolute Gasteiger partial charge is 0.410 e. The first kappa shape index (κ1) is 35.3. The summed E-state index contributed by atoms with van der Waals surface area (Å²) in [5.74, 6) is -2.69. The zero-order valence-corrected chi connectivity index (χ0v) is 28.4. The monoisotopic (exact) mass is 672 g/mol. The zero-order chi connectivity index (χ0) is 35.5. The molecule has 1 unspecified atom stereocenters. The molecule has 49 heavy (non-hydrogen) atoms. The van der Waals surface area contributed by atoms with Crippen molar-refractivity contribution in [2.75, 3.05) is 13.1 Å². The number of carbonyl (C=O) groups is 3. The second-order valence-corrected chi connectivity index (χ2v) is 14.2. The first-order valence-electron chi connectivity index (χ1n) is 16.3. The summed E-state index contributed by atoms with van der Waals surface area (Å²) in [7, 11) is 0. The molecule has 11 heteroatoms. The van der Waals surface area contributed by atoms with Crippen LogP contribution in [-0.4, -0.2) is 56.2 Å². The maximum Gasteiger partial charge on any atom is 0.410 e. The minimum absolute atomic E-state index is 0.0599. The summed E-state index contributed by atoms with van der Waals surface area (Å²) in [6.45, 7) is 9.98. The van der Waals surface area contributed by atoms with Crippen molar-refractivity contribution < 1.29 is 33.0 Å².